The number of hydrogen-bond donors (Lipinski definition) is 1. The third kappa shape index (κ3) is 5.57. The molecule has 6 nitrogen and oxygen atoms in total. The van der Waals surface area contributed by atoms with Gasteiger partial charge in [-0.15, -0.1) is 12.4 Å². The minimum absolute atomic E-state index is 0. The lowest BCUT2D eigenvalue weighted by Gasteiger charge is -2.30. The average molecular weight is 508 g/mol. The normalized spacial score (nSPS) is 14.1. The lowest BCUT2D eigenvalue weighted by Crippen LogP contribution is -2.38. The van der Waals surface area contributed by atoms with E-state index in [0.717, 1.165) is 25.1 Å². The van der Waals surface area contributed by atoms with E-state index in [4.69, 9.17) is 13.9 Å². The predicted molar refractivity (Wildman–Crippen MR) is 142 cm³/mol. The predicted octanol–water partition coefficient (Wildman–Crippen LogP) is 5.50. The maximum absolute atomic E-state index is 12.8. The minimum atomic E-state index is -0.635. The Balaban J connectivity index is 0.00000304. The van der Waals surface area contributed by atoms with Gasteiger partial charge in [0.2, 0.25) is 0 Å². The summed E-state index contributed by atoms with van der Waals surface area (Å²) in [5.74, 6) is 0.598. The van der Waals surface area contributed by atoms with E-state index < -0.39 is 12.1 Å². The van der Waals surface area contributed by atoms with E-state index in [-0.39, 0.29) is 25.6 Å². The SMILES string of the molecule is CCOC(=O)c1c(-c2ccccc2)oc2ccc(OCC(O)CN3CCc4ccccc4C3)cc12.Cl. The second-order valence-electron chi connectivity index (χ2n) is 8.77. The Labute approximate surface area is 216 Å². The van der Waals surface area contributed by atoms with Gasteiger partial charge in [0.1, 0.15) is 35.4 Å². The Kier molecular flexibility index (Phi) is 8.31. The van der Waals surface area contributed by atoms with E-state index in [9.17, 15) is 9.90 Å². The number of ether oxygens (including phenoxy) is 2. The first-order valence-electron chi connectivity index (χ1n) is 12.0. The van der Waals surface area contributed by atoms with Crippen LogP contribution >= 0.6 is 12.4 Å². The molecule has 0 aliphatic carbocycles. The fraction of sp³-hybridized carbons (Fsp3) is 0.276. The molecule has 188 valence electrons. The van der Waals surface area contributed by atoms with Crippen molar-refractivity contribution in [1.29, 1.82) is 0 Å². The first-order valence-corrected chi connectivity index (χ1v) is 12.0. The zero-order valence-corrected chi connectivity index (χ0v) is 21.0. The second-order valence-corrected chi connectivity index (χ2v) is 8.77. The molecule has 0 bridgehead atoms. The number of nitrogens with zero attached hydrogens (tertiary/aromatic N) is 1. The van der Waals surface area contributed by atoms with Crippen molar-refractivity contribution in [3.8, 4) is 17.1 Å². The molecule has 7 heteroatoms. The molecular weight excluding hydrogens is 478 g/mol. The molecule has 1 aromatic heterocycles. The van der Waals surface area contributed by atoms with Crippen LogP contribution in [0.15, 0.2) is 77.2 Å². The summed E-state index contributed by atoms with van der Waals surface area (Å²) in [6.45, 7) is 4.48. The van der Waals surface area contributed by atoms with Gasteiger partial charge in [0.25, 0.3) is 0 Å². The Hall–Kier alpha value is -3.32. The summed E-state index contributed by atoms with van der Waals surface area (Å²) < 4.78 is 17.3. The van der Waals surface area contributed by atoms with Crippen molar-refractivity contribution < 1.29 is 23.8 Å². The zero-order valence-electron chi connectivity index (χ0n) is 20.2. The van der Waals surface area contributed by atoms with Crippen LogP contribution in [0, 0.1) is 0 Å². The van der Waals surface area contributed by atoms with Crippen LogP contribution in [0.5, 0.6) is 5.75 Å². The number of esters is 1. The quantitative estimate of drug-likeness (QED) is 0.318. The highest BCUT2D eigenvalue weighted by molar-refractivity contribution is 6.09. The van der Waals surface area contributed by atoms with Gasteiger partial charge in [-0.2, -0.15) is 0 Å². The highest BCUT2D eigenvalue weighted by atomic mass is 35.5. The fourth-order valence-corrected chi connectivity index (χ4v) is 4.62. The Bertz CT molecular complexity index is 1320. The van der Waals surface area contributed by atoms with Gasteiger partial charge in [0.15, 0.2) is 0 Å². The number of carbonyl (C=O) groups is 1. The van der Waals surface area contributed by atoms with Crippen molar-refractivity contribution >= 4 is 29.3 Å². The van der Waals surface area contributed by atoms with E-state index >= 15 is 0 Å². The summed E-state index contributed by atoms with van der Waals surface area (Å²) in [7, 11) is 0. The maximum atomic E-state index is 12.8. The van der Waals surface area contributed by atoms with Crippen molar-refractivity contribution in [3.05, 3.63) is 89.5 Å². The highest BCUT2D eigenvalue weighted by Crippen LogP contribution is 2.36. The lowest BCUT2D eigenvalue weighted by molar-refractivity contribution is 0.0528. The fourth-order valence-electron chi connectivity index (χ4n) is 4.62. The molecule has 5 rings (SSSR count). The zero-order chi connectivity index (χ0) is 24.2. The molecule has 2 heterocycles. The molecule has 1 aliphatic rings. The average Bonchev–Trinajstić information content (AvgIpc) is 3.27. The highest BCUT2D eigenvalue weighted by Gasteiger charge is 2.24. The van der Waals surface area contributed by atoms with E-state index in [1.165, 1.54) is 11.1 Å². The summed E-state index contributed by atoms with van der Waals surface area (Å²) >= 11 is 0. The molecular formula is C29H30ClNO5. The number of aliphatic hydroxyl groups excluding tert-OH is 1. The number of carbonyl (C=O) groups excluding carboxylic acids is 1. The second kappa shape index (κ2) is 11.6. The molecule has 0 amide bonds. The van der Waals surface area contributed by atoms with E-state index in [1.807, 2.05) is 30.3 Å². The number of rotatable bonds is 8. The maximum Gasteiger partial charge on any atom is 0.342 e. The number of fused-ring (bicyclic) bond motifs is 2. The van der Waals surface area contributed by atoms with Crippen LogP contribution in [0.1, 0.15) is 28.4 Å². The van der Waals surface area contributed by atoms with Crippen molar-refractivity contribution in [2.45, 2.75) is 26.0 Å². The van der Waals surface area contributed by atoms with Crippen LogP contribution in [0.3, 0.4) is 0 Å². The molecule has 4 aromatic rings. The summed E-state index contributed by atoms with van der Waals surface area (Å²) in [5, 5.41) is 11.3. The molecule has 1 aliphatic heterocycles. The van der Waals surface area contributed by atoms with Gasteiger partial charge >= 0.3 is 5.97 Å². The molecule has 0 radical (unpaired) electrons. The number of aliphatic hydroxyl groups is 1. The minimum Gasteiger partial charge on any atom is -0.491 e. The van der Waals surface area contributed by atoms with Crippen molar-refractivity contribution in [2.24, 2.45) is 0 Å². The monoisotopic (exact) mass is 507 g/mol. The third-order valence-corrected chi connectivity index (χ3v) is 6.30. The van der Waals surface area contributed by atoms with Crippen LogP contribution in [-0.4, -0.2) is 48.4 Å². The molecule has 0 saturated carbocycles. The molecule has 1 atom stereocenters. The van der Waals surface area contributed by atoms with Crippen molar-refractivity contribution in [1.82, 2.24) is 4.90 Å². The van der Waals surface area contributed by atoms with Crippen LogP contribution in [-0.2, 0) is 17.7 Å². The Morgan fingerprint density at radius 2 is 1.81 bits per heavy atom. The van der Waals surface area contributed by atoms with Crippen molar-refractivity contribution in [2.75, 3.05) is 26.3 Å². The number of β-amino-alcohol motifs (C(OH)–C–C–N with tert-alkyl or cyclic N) is 1. The molecule has 0 spiro atoms. The van der Waals surface area contributed by atoms with Gasteiger partial charge in [0.05, 0.1) is 6.61 Å². The number of halogens is 1. The first-order chi connectivity index (χ1) is 17.1. The molecule has 1 N–H and O–H groups in total. The van der Waals surface area contributed by atoms with Gasteiger partial charge < -0.3 is 19.0 Å². The summed E-state index contributed by atoms with van der Waals surface area (Å²) in [6, 6.07) is 23.3. The first kappa shape index (κ1) is 25.8. The number of furan rings is 1. The van der Waals surface area contributed by atoms with Crippen molar-refractivity contribution in [3.63, 3.8) is 0 Å². The van der Waals surface area contributed by atoms with Gasteiger partial charge in [-0.25, -0.2) is 4.79 Å². The molecule has 0 saturated heterocycles. The molecule has 36 heavy (non-hydrogen) atoms. The van der Waals surface area contributed by atoms with E-state index in [0.29, 0.717) is 34.6 Å². The number of benzene rings is 3. The standard InChI is InChI=1S/C29H29NO5.ClH/c1-2-33-29(32)27-25-16-24(12-13-26(25)35-28(27)21-9-4-3-5-10-21)34-19-23(31)18-30-15-14-20-8-6-7-11-22(20)17-30;/h3-13,16,23,31H,2,14-15,17-19H2,1H3;1H. The largest absolute Gasteiger partial charge is 0.491 e. The van der Waals surface area contributed by atoms with Crippen LogP contribution < -0.4 is 4.74 Å². The lowest BCUT2D eigenvalue weighted by atomic mass is 10.00. The van der Waals surface area contributed by atoms with Gasteiger partial charge in [0, 0.05) is 30.6 Å². The smallest absolute Gasteiger partial charge is 0.342 e. The Morgan fingerprint density at radius 1 is 1.06 bits per heavy atom. The summed E-state index contributed by atoms with van der Waals surface area (Å²) in [4.78, 5) is 15.1. The van der Waals surface area contributed by atoms with Gasteiger partial charge in [-0.05, 0) is 42.7 Å². The molecule has 0 fully saturated rings. The molecule has 1 unspecified atom stereocenters. The summed E-state index contributed by atoms with van der Waals surface area (Å²) in [6.07, 6.45) is 0.353. The van der Waals surface area contributed by atoms with Crippen LogP contribution in [0.25, 0.3) is 22.3 Å². The van der Waals surface area contributed by atoms with Gasteiger partial charge in [-0.1, -0.05) is 54.6 Å². The summed E-state index contributed by atoms with van der Waals surface area (Å²) in [5.41, 5.74) is 4.46. The van der Waals surface area contributed by atoms with Gasteiger partial charge in [-0.3, -0.25) is 4.90 Å². The topological polar surface area (TPSA) is 72.1 Å². The number of hydrogen-bond acceptors (Lipinski definition) is 6. The van der Waals surface area contributed by atoms with Crippen LogP contribution in [0.4, 0.5) is 0 Å². The molecule has 3 aromatic carbocycles. The van der Waals surface area contributed by atoms with Crippen LogP contribution in [0.2, 0.25) is 0 Å². The Morgan fingerprint density at radius 3 is 2.58 bits per heavy atom. The van der Waals surface area contributed by atoms with E-state index in [1.54, 1.807) is 25.1 Å². The van der Waals surface area contributed by atoms with E-state index in [2.05, 4.69) is 29.2 Å². The third-order valence-electron chi connectivity index (χ3n) is 6.30.